The van der Waals surface area contributed by atoms with Crippen molar-refractivity contribution < 1.29 is 42.8 Å². The first-order valence-corrected chi connectivity index (χ1v) is 24.8. The Morgan fingerprint density at radius 3 is 1.53 bits per heavy atom. The summed E-state index contributed by atoms with van der Waals surface area (Å²) in [5.41, 5.74) is 8.08. The van der Waals surface area contributed by atoms with Crippen LogP contribution in [-0.4, -0.2) is 121 Å². The van der Waals surface area contributed by atoms with E-state index in [9.17, 15) is 14.4 Å². The normalized spacial score (nSPS) is 11.9. The number of nitrogens with one attached hydrogen (secondary N) is 3. The van der Waals surface area contributed by atoms with Gasteiger partial charge in [-0.25, -0.2) is 0 Å². The molecule has 3 aromatic rings. The monoisotopic (exact) mass is 937 g/mol. The fraction of sp³-hybridized carbons (Fsp3) is 0.596. The van der Waals surface area contributed by atoms with E-state index in [0.29, 0.717) is 59.0 Å². The highest BCUT2D eigenvalue weighted by molar-refractivity contribution is 8.00. The minimum atomic E-state index is -0.564. The molecule has 5 N–H and O–H groups in total. The Labute approximate surface area is 399 Å². The molecule has 0 unspecified atom stereocenters. The van der Waals surface area contributed by atoms with Crippen LogP contribution in [0.15, 0.2) is 84.9 Å². The molecule has 0 aromatic heterocycles. The van der Waals surface area contributed by atoms with Gasteiger partial charge < -0.3 is 50.1 Å². The third-order valence-electron chi connectivity index (χ3n) is 10.7. The summed E-state index contributed by atoms with van der Waals surface area (Å²) < 4.78 is 32.0. The summed E-state index contributed by atoms with van der Waals surface area (Å²) in [5, 5.41) is 8.92. The van der Waals surface area contributed by atoms with Crippen LogP contribution in [0.3, 0.4) is 0 Å². The highest BCUT2D eigenvalue weighted by Gasteiger charge is 2.37. The minimum Gasteiger partial charge on any atom is -0.497 e. The molecule has 0 atom stereocenters. The van der Waals surface area contributed by atoms with Gasteiger partial charge in [-0.2, -0.15) is 0 Å². The molecule has 0 saturated carbocycles. The van der Waals surface area contributed by atoms with Gasteiger partial charge in [0.15, 0.2) is 0 Å². The Hall–Kier alpha value is -4.02. The molecule has 66 heavy (non-hydrogen) atoms. The SMILES string of the molecule is COc1ccc(C(SCCCCCCCCCCC(=O)NC(C)(C)CC(C)(C)NC(=O)COCCOCCOCC(=O)NCCOCCOCCN)(c2ccccc2)c2ccccc2)cc1. The topological polar surface area (TPSA) is 169 Å². The van der Waals surface area contributed by atoms with Crippen LogP contribution in [0.4, 0.5) is 0 Å². The molecule has 0 fully saturated rings. The average molecular weight is 937 g/mol. The van der Waals surface area contributed by atoms with E-state index < -0.39 is 11.1 Å². The Bertz CT molecular complexity index is 1710. The van der Waals surface area contributed by atoms with Crippen molar-refractivity contribution in [3.05, 3.63) is 102 Å². The van der Waals surface area contributed by atoms with Gasteiger partial charge in [0.05, 0.1) is 64.7 Å². The van der Waals surface area contributed by atoms with E-state index in [1.165, 1.54) is 42.4 Å². The molecule has 368 valence electrons. The Balaban J connectivity index is 1.21. The second kappa shape index (κ2) is 32.6. The molecule has 0 aliphatic heterocycles. The van der Waals surface area contributed by atoms with Crippen LogP contribution in [0.25, 0.3) is 0 Å². The molecule has 0 spiro atoms. The van der Waals surface area contributed by atoms with E-state index >= 15 is 0 Å². The first-order chi connectivity index (χ1) is 31.9. The Kier molecular flexibility index (Phi) is 27.8. The summed E-state index contributed by atoms with van der Waals surface area (Å²) in [6.45, 7) is 11.4. The van der Waals surface area contributed by atoms with Gasteiger partial charge in [0.1, 0.15) is 19.0 Å². The Morgan fingerprint density at radius 1 is 0.530 bits per heavy atom. The van der Waals surface area contributed by atoms with Crippen molar-refractivity contribution >= 4 is 29.5 Å². The zero-order valence-electron chi connectivity index (χ0n) is 40.5. The van der Waals surface area contributed by atoms with Crippen molar-refractivity contribution in [1.82, 2.24) is 16.0 Å². The van der Waals surface area contributed by atoms with Crippen molar-refractivity contribution in [2.45, 2.75) is 108 Å². The van der Waals surface area contributed by atoms with E-state index in [1.54, 1.807) is 7.11 Å². The van der Waals surface area contributed by atoms with Crippen molar-refractivity contribution in [2.75, 3.05) is 92.0 Å². The lowest BCUT2D eigenvalue weighted by Crippen LogP contribution is -2.54. The van der Waals surface area contributed by atoms with Gasteiger partial charge in [-0.3, -0.25) is 14.4 Å². The first-order valence-electron chi connectivity index (χ1n) is 23.8. The standard InChI is InChI=1S/C52H80N4O9S/c1-50(2,42-51(3,4)56-49(59)41-65-38-36-63-35-37-64-40-48(58)54-30-32-62-34-33-61-31-29-53)55-47(57)24-18-10-8-6-7-9-11-19-39-66-52(43-20-14-12-15-21-43,44-22-16-13-17-23-44)45-25-27-46(60-5)28-26-45/h12-17,20-23,25-28H,6-11,18-19,24,29-42,53H2,1-5H3,(H,54,58)(H,55,57)(H,56,59). The fourth-order valence-corrected chi connectivity index (χ4v) is 9.59. The summed E-state index contributed by atoms with van der Waals surface area (Å²) in [7, 11) is 1.71. The maximum absolute atomic E-state index is 12.9. The van der Waals surface area contributed by atoms with Gasteiger partial charge in [-0.05, 0) is 81.5 Å². The van der Waals surface area contributed by atoms with Crippen LogP contribution < -0.4 is 26.4 Å². The van der Waals surface area contributed by atoms with E-state index in [0.717, 1.165) is 37.2 Å². The first kappa shape index (κ1) is 56.3. The zero-order chi connectivity index (χ0) is 47.8. The molecule has 3 rings (SSSR count). The summed E-state index contributed by atoms with van der Waals surface area (Å²) in [6, 6.07) is 30.2. The van der Waals surface area contributed by atoms with Gasteiger partial charge in [-0.1, -0.05) is 111 Å². The second-order valence-corrected chi connectivity index (χ2v) is 19.0. The summed E-state index contributed by atoms with van der Waals surface area (Å²) >= 11 is 2.02. The molecule has 0 radical (unpaired) electrons. The number of rotatable bonds is 38. The number of carbonyl (C=O) groups excluding carboxylic acids is 3. The quantitative estimate of drug-likeness (QED) is 0.0331. The van der Waals surface area contributed by atoms with E-state index in [4.69, 9.17) is 34.2 Å². The smallest absolute Gasteiger partial charge is 0.246 e. The third kappa shape index (κ3) is 23.1. The largest absolute Gasteiger partial charge is 0.497 e. The lowest BCUT2D eigenvalue weighted by molar-refractivity contribution is -0.128. The highest BCUT2D eigenvalue weighted by Crippen LogP contribution is 2.49. The molecule has 0 heterocycles. The molecule has 0 aliphatic rings. The maximum Gasteiger partial charge on any atom is 0.246 e. The number of hydrogen-bond donors (Lipinski definition) is 4. The van der Waals surface area contributed by atoms with Gasteiger partial charge >= 0.3 is 0 Å². The van der Waals surface area contributed by atoms with E-state index in [1.807, 2.05) is 39.5 Å². The van der Waals surface area contributed by atoms with E-state index in [2.05, 4.69) is 101 Å². The molecule has 3 aromatic carbocycles. The lowest BCUT2D eigenvalue weighted by Gasteiger charge is -2.36. The molecule has 0 saturated heterocycles. The van der Waals surface area contributed by atoms with Crippen LogP contribution in [0.5, 0.6) is 5.75 Å². The maximum atomic E-state index is 12.9. The predicted octanol–water partition coefficient (Wildman–Crippen LogP) is 7.57. The number of carbonyl (C=O) groups is 3. The van der Waals surface area contributed by atoms with Crippen LogP contribution in [0.1, 0.15) is 109 Å². The molecule has 0 aliphatic carbocycles. The number of methoxy groups -OCH3 is 1. The summed E-state index contributed by atoms with van der Waals surface area (Å²) in [4.78, 5) is 37.4. The van der Waals surface area contributed by atoms with Gasteiger partial charge in [0.25, 0.3) is 0 Å². The van der Waals surface area contributed by atoms with Gasteiger partial charge in [0.2, 0.25) is 17.7 Å². The summed E-state index contributed by atoms with van der Waals surface area (Å²) in [5.74, 6) is 1.47. The van der Waals surface area contributed by atoms with Crippen LogP contribution in [-0.2, 0) is 42.8 Å². The molecule has 14 heteroatoms. The van der Waals surface area contributed by atoms with Gasteiger partial charge in [0, 0.05) is 30.6 Å². The Morgan fingerprint density at radius 2 is 0.985 bits per heavy atom. The van der Waals surface area contributed by atoms with Crippen molar-refractivity contribution in [3.63, 3.8) is 0 Å². The number of amides is 3. The van der Waals surface area contributed by atoms with E-state index in [-0.39, 0.29) is 55.5 Å². The fourth-order valence-electron chi connectivity index (χ4n) is 8.03. The van der Waals surface area contributed by atoms with Crippen molar-refractivity contribution in [1.29, 1.82) is 0 Å². The number of benzene rings is 3. The number of ether oxygens (including phenoxy) is 6. The van der Waals surface area contributed by atoms with Crippen LogP contribution in [0.2, 0.25) is 0 Å². The average Bonchev–Trinajstić information content (AvgIpc) is 3.29. The third-order valence-corrected chi connectivity index (χ3v) is 12.4. The number of thioether (sulfide) groups is 1. The van der Waals surface area contributed by atoms with Crippen molar-refractivity contribution in [2.24, 2.45) is 5.73 Å². The lowest BCUT2D eigenvalue weighted by atomic mass is 9.84. The zero-order valence-corrected chi connectivity index (χ0v) is 41.3. The second-order valence-electron chi connectivity index (χ2n) is 17.7. The van der Waals surface area contributed by atoms with Crippen LogP contribution in [0, 0.1) is 0 Å². The molecule has 3 amide bonds. The number of unbranched alkanes of at least 4 members (excludes halogenated alkanes) is 7. The van der Waals surface area contributed by atoms with Crippen molar-refractivity contribution in [3.8, 4) is 5.75 Å². The number of nitrogens with two attached hydrogens (primary N) is 1. The molecule has 0 bridgehead atoms. The number of hydrogen-bond acceptors (Lipinski definition) is 11. The highest BCUT2D eigenvalue weighted by atomic mass is 32.2. The molecule has 13 nitrogen and oxygen atoms in total. The predicted molar refractivity (Wildman–Crippen MR) is 265 cm³/mol. The van der Waals surface area contributed by atoms with Gasteiger partial charge in [-0.15, -0.1) is 11.8 Å². The van der Waals surface area contributed by atoms with Crippen LogP contribution >= 0.6 is 11.8 Å². The molecular formula is C52H80N4O9S. The minimum absolute atomic E-state index is 0.0375. The molecular weight excluding hydrogens is 857 g/mol. The summed E-state index contributed by atoms with van der Waals surface area (Å²) in [6.07, 6.45) is 10.0.